The van der Waals surface area contributed by atoms with Gasteiger partial charge in [-0.05, 0) is 27.9 Å². The van der Waals surface area contributed by atoms with Gasteiger partial charge in [0.15, 0.2) is 5.58 Å². The molecular formula is C13H12BrN3O2. The van der Waals surface area contributed by atoms with E-state index in [4.69, 9.17) is 9.26 Å². The van der Waals surface area contributed by atoms with Gasteiger partial charge < -0.3 is 9.26 Å². The summed E-state index contributed by atoms with van der Waals surface area (Å²) in [6.07, 6.45) is 1.74. The summed E-state index contributed by atoms with van der Waals surface area (Å²) in [6.45, 7) is 4.14. The Balaban J connectivity index is 2.49. The molecule has 3 rings (SSSR count). The predicted octanol–water partition coefficient (Wildman–Crippen LogP) is 3.67. The molecule has 5 nitrogen and oxygen atoms in total. The second-order valence-corrected chi connectivity index (χ2v) is 5.43. The summed E-state index contributed by atoms with van der Waals surface area (Å²) in [4.78, 5) is 8.55. The maximum absolute atomic E-state index is 5.42. The van der Waals surface area contributed by atoms with Crippen molar-refractivity contribution in [3.05, 3.63) is 22.4 Å². The van der Waals surface area contributed by atoms with Crippen LogP contribution < -0.4 is 4.74 Å². The van der Waals surface area contributed by atoms with E-state index in [2.05, 4.69) is 44.9 Å². The topological polar surface area (TPSA) is 61.0 Å². The molecule has 0 saturated heterocycles. The molecule has 0 atom stereocenters. The summed E-state index contributed by atoms with van der Waals surface area (Å²) in [5.74, 6) is 0.250. The quantitative estimate of drug-likeness (QED) is 0.720. The van der Waals surface area contributed by atoms with E-state index in [1.54, 1.807) is 13.3 Å². The Bertz CT molecular complexity index is 767. The van der Waals surface area contributed by atoms with Crippen molar-refractivity contribution < 1.29 is 9.26 Å². The number of methoxy groups -OCH3 is 1. The van der Waals surface area contributed by atoms with E-state index >= 15 is 0 Å². The zero-order valence-electron chi connectivity index (χ0n) is 10.8. The molecule has 0 amide bonds. The van der Waals surface area contributed by atoms with Crippen molar-refractivity contribution in [2.24, 2.45) is 0 Å². The number of hydrogen-bond acceptors (Lipinski definition) is 5. The van der Waals surface area contributed by atoms with Gasteiger partial charge in [-0.15, -0.1) is 0 Å². The number of halogens is 1. The molecule has 19 heavy (non-hydrogen) atoms. The zero-order valence-corrected chi connectivity index (χ0v) is 12.4. The van der Waals surface area contributed by atoms with E-state index in [-0.39, 0.29) is 5.92 Å². The Labute approximate surface area is 118 Å². The van der Waals surface area contributed by atoms with Crippen molar-refractivity contribution in [1.82, 2.24) is 15.1 Å². The number of benzene rings is 1. The van der Waals surface area contributed by atoms with Crippen LogP contribution in [-0.4, -0.2) is 22.2 Å². The van der Waals surface area contributed by atoms with Crippen molar-refractivity contribution in [1.29, 1.82) is 0 Å². The van der Waals surface area contributed by atoms with Crippen LogP contribution in [0.3, 0.4) is 0 Å². The van der Waals surface area contributed by atoms with Crippen molar-refractivity contribution >= 4 is 37.8 Å². The maximum atomic E-state index is 5.42. The van der Waals surface area contributed by atoms with Crippen LogP contribution in [-0.2, 0) is 0 Å². The third-order valence-corrected chi connectivity index (χ3v) is 3.57. The first kappa shape index (κ1) is 12.3. The van der Waals surface area contributed by atoms with Gasteiger partial charge in [-0.1, -0.05) is 19.0 Å². The molecule has 1 aromatic carbocycles. The molecule has 0 aliphatic heterocycles. The normalized spacial score (nSPS) is 11.6. The number of hydrogen-bond donors (Lipinski definition) is 0. The molecular weight excluding hydrogens is 310 g/mol. The van der Waals surface area contributed by atoms with Gasteiger partial charge in [-0.3, -0.25) is 0 Å². The van der Waals surface area contributed by atoms with Crippen LogP contribution in [0.15, 0.2) is 21.3 Å². The first-order chi connectivity index (χ1) is 9.11. The summed E-state index contributed by atoms with van der Waals surface area (Å²) in [6, 6.07) is 2.26. The van der Waals surface area contributed by atoms with Crippen LogP contribution in [0.4, 0.5) is 0 Å². The lowest BCUT2D eigenvalue weighted by molar-refractivity contribution is 0.382. The minimum atomic E-state index is 0.250. The van der Waals surface area contributed by atoms with Gasteiger partial charge in [-0.2, -0.15) is 4.98 Å². The lowest BCUT2D eigenvalue weighted by Crippen LogP contribution is -1.94. The van der Waals surface area contributed by atoms with Gasteiger partial charge in [0.1, 0.15) is 0 Å². The van der Waals surface area contributed by atoms with Gasteiger partial charge in [0.2, 0.25) is 0 Å². The molecule has 0 bridgehead atoms. The van der Waals surface area contributed by atoms with Gasteiger partial charge in [0.05, 0.1) is 28.2 Å². The van der Waals surface area contributed by atoms with Gasteiger partial charge in [-0.25, -0.2) is 4.98 Å². The third kappa shape index (κ3) is 1.87. The molecule has 2 aromatic heterocycles. The molecule has 0 aliphatic rings. The molecule has 3 aromatic rings. The lowest BCUT2D eigenvalue weighted by atomic mass is 10.0. The van der Waals surface area contributed by atoms with E-state index in [0.29, 0.717) is 11.6 Å². The average Bonchev–Trinajstić information content (AvgIpc) is 2.84. The van der Waals surface area contributed by atoms with Crippen LogP contribution in [0.25, 0.3) is 21.9 Å². The van der Waals surface area contributed by atoms with E-state index < -0.39 is 0 Å². The van der Waals surface area contributed by atoms with E-state index in [9.17, 15) is 0 Å². The van der Waals surface area contributed by atoms with E-state index in [1.165, 1.54) is 0 Å². The number of nitrogens with zero attached hydrogens (tertiary/aromatic N) is 3. The van der Waals surface area contributed by atoms with Crippen LogP contribution in [0.1, 0.15) is 25.5 Å². The second kappa shape index (κ2) is 4.45. The average molecular weight is 322 g/mol. The van der Waals surface area contributed by atoms with Gasteiger partial charge >= 0.3 is 6.01 Å². The molecule has 0 aliphatic carbocycles. The lowest BCUT2D eigenvalue weighted by Gasteiger charge is -2.04. The smallest absolute Gasteiger partial charge is 0.316 e. The minimum absolute atomic E-state index is 0.250. The fourth-order valence-electron chi connectivity index (χ4n) is 2.07. The SMILES string of the molecule is COc1ncc2cc(Br)c3onc(C(C)C)c3c2n1. The van der Waals surface area contributed by atoms with Crippen molar-refractivity contribution in [3.8, 4) is 6.01 Å². The van der Waals surface area contributed by atoms with Crippen molar-refractivity contribution in [3.63, 3.8) is 0 Å². The third-order valence-electron chi connectivity index (χ3n) is 2.98. The molecule has 2 heterocycles. The molecule has 0 spiro atoms. The molecule has 98 valence electrons. The number of fused-ring (bicyclic) bond motifs is 3. The Morgan fingerprint density at radius 3 is 2.84 bits per heavy atom. The molecule has 0 saturated carbocycles. The summed E-state index contributed by atoms with van der Waals surface area (Å²) in [5.41, 5.74) is 2.40. The van der Waals surface area contributed by atoms with Crippen molar-refractivity contribution in [2.75, 3.05) is 7.11 Å². The van der Waals surface area contributed by atoms with Crippen LogP contribution in [0, 0.1) is 0 Å². The fraction of sp³-hybridized carbons (Fsp3) is 0.308. The van der Waals surface area contributed by atoms with Crippen LogP contribution >= 0.6 is 15.9 Å². The largest absolute Gasteiger partial charge is 0.467 e. The molecule has 0 radical (unpaired) electrons. The van der Waals surface area contributed by atoms with Crippen molar-refractivity contribution in [2.45, 2.75) is 19.8 Å². The predicted molar refractivity (Wildman–Crippen MR) is 75.4 cm³/mol. The second-order valence-electron chi connectivity index (χ2n) is 4.58. The summed E-state index contributed by atoms with van der Waals surface area (Å²) in [7, 11) is 1.55. The fourth-order valence-corrected chi connectivity index (χ4v) is 2.59. The van der Waals surface area contributed by atoms with Gasteiger partial charge in [0, 0.05) is 11.6 Å². The Hall–Kier alpha value is -1.69. The summed E-state index contributed by atoms with van der Waals surface area (Å²) in [5, 5.41) is 5.99. The van der Waals surface area contributed by atoms with E-state index in [0.717, 1.165) is 26.5 Å². The zero-order chi connectivity index (χ0) is 13.6. The Kier molecular flexibility index (Phi) is 2.89. The van der Waals surface area contributed by atoms with Gasteiger partial charge in [0.25, 0.3) is 0 Å². The first-order valence-corrected chi connectivity index (χ1v) is 6.69. The highest BCUT2D eigenvalue weighted by atomic mass is 79.9. The highest BCUT2D eigenvalue weighted by Gasteiger charge is 2.19. The molecule has 6 heteroatoms. The number of rotatable bonds is 2. The molecule has 0 fully saturated rings. The van der Waals surface area contributed by atoms with Crippen LogP contribution in [0.2, 0.25) is 0 Å². The standard InChI is InChI=1S/C13H12BrN3O2/c1-6(2)10-9-11-7(5-15-13(16-11)18-3)4-8(14)12(9)19-17-10/h4-6H,1-3H3. The summed E-state index contributed by atoms with van der Waals surface area (Å²) >= 11 is 3.50. The number of aromatic nitrogens is 3. The molecule has 0 unspecified atom stereocenters. The Morgan fingerprint density at radius 1 is 1.37 bits per heavy atom. The minimum Gasteiger partial charge on any atom is -0.467 e. The monoisotopic (exact) mass is 321 g/mol. The van der Waals surface area contributed by atoms with E-state index in [1.807, 2.05) is 6.07 Å². The highest BCUT2D eigenvalue weighted by Crippen LogP contribution is 2.35. The first-order valence-electron chi connectivity index (χ1n) is 5.90. The molecule has 0 N–H and O–H groups in total. The van der Waals surface area contributed by atoms with Crippen LogP contribution in [0.5, 0.6) is 6.01 Å². The maximum Gasteiger partial charge on any atom is 0.316 e. The number of ether oxygens (including phenoxy) is 1. The Morgan fingerprint density at radius 2 is 2.16 bits per heavy atom. The highest BCUT2D eigenvalue weighted by molar-refractivity contribution is 9.10. The summed E-state index contributed by atoms with van der Waals surface area (Å²) < 4.78 is 11.4.